The number of nitro benzene ring substituents is 1. The summed E-state index contributed by atoms with van der Waals surface area (Å²) < 4.78 is 11.1. The van der Waals surface area contributed by atoms with Crippen LogP contribution in [0.25, 0.3) is 0 Å². The summed E-state index contributed by atoms with van der Waals surface area (Å²) in [6.45, 7) is 1.79. The minimum absolute atomic E-state index is 0.131. The smallest absolute Gasteiger partial charge is 0.342 e. The number of benzene rings is 1. The van der Waals surface area contributed by atoms with Crippen molar-refractivity contribution < 1.29 is 19.0 Å². The Bertz CT molecular complexity index is 532. The van der Waals surface area contributed by atoms with Crippen molar-refractivity contribution in [1.82, 2.24) is 0 Å². The zero-order chi connectivity index (χ0) is 14.6. The van der Waals surface area contributed by atoms with E-state index in [1.54, 1.807) is 13.2 Å². The molecule has 8 heteroatoms. The molecule has 1 aromatic rings. The van der Waals surface area contributed by atoms with Gasteiger partial charge >= 0.3 is 5.97 Å². The van der Waals surface area contributed by atoms with E-state index in [9.17, 15) is 19.1 Å². The van der Waals surface area contributed by atoms with Crippen molar-refractivity contribution >= 4 is 28.1 Å². The Morgan fingerprint density at radius 1 is 1.58 bits per heavy atom. The highest BCUT2D eigenvalue weighted by molar-refractivity contribution is 7.84. The molecule has 0 saturated carbocycles. The molecule has 104 valence electrons. The second-order valence-corrected chi connectivity index (χ2v) is 5.56. The van der Waals surface area contributed by atoms with Crippen LogP contribution in [0, 0.1) is 10.1 Å². The molecule has 1 rings (SSSR count). The second-order valence-electron chi connectivity index (χ2n) is 4.08. The Hall–Kier alpha value is -1.96. The van der Waals surface area contributed by atoms with Crippen LogP contribution in [0.15, 0.2) is 18.2 Å². The summed E-state index contributed by atoms with van der Waals surface area (Å²) in [7, 11) is -0.982. The van der Waals surface area contributed by atoms with E-state index in [2.05, 4.69) is 5.32 Å². The summed E-state index contributed by atoms with van der Waals surface area (Å²) in [5.41, 5.74) is -0.384. The predicted molar refractivity (Wildman–Crippen MR) is 72.1 cm³/mol. The summed E-state index contributed by atoms with van der Waals surface area (Å²) >= 11 is 0. The summed E-state index contributed by atoms with van der Waals surface area (Å²) in [5.74, 6) is -0.957. The number of carbonyl (C=O) groups is 1. The number of rotatable bonds is 6. The highest BCUT2D eigenvalue weighted by atomic mass is 32.2. The van der Waals surface area contributed by atoms with Crippen LogP contribution in [0.2, 0.25) is 0 Å². The fourth-order valence-electron chi connectivity index (χ4n) is 1.63. The maximum Gasteiger partial charge on any atom is 0.342 e. The first-order valence-electron chi connectivity index (χ1n) is 5.39. The molecule has 2 N–H and O–H groups in total. The van der Waals surface area contributed by atoms with E-state index in [-0.39, 0.29) is 11.6 Å². The van der Waals surface area contributed by atoms with Crippen LogP contribution in [0.1, 0.15) is 17.3 Å². The van der Waals surface area contributed by atoms with Gasteiger partial charge in [0.2, 0.25) is 0 Å². The normalized spacial score (nSPS) is 13.6. The van der Waals surface area contributed by atoms with Gasteiger partial charge in [-0.3, -0.25) is 14.3 Å². The van der Waals surface area contributed by atoms with E-state index in [0.29, 0.717) is 11.4 Å². The zero-order valence-electron chi connectivity index (χ0n) is 10.5. The molecule has 0 spiro atoms. The first kappa shape index (κ1) is 15.1. The summed E-state index contributed by atoms with van der Waals surface area (Å²) in [6.07, 6.45) is 1.57. The van der Waals surface area contributed by atoms with E-state index in [1.807, 2.05) is 0 Å². The lowest BCUT2D eigenvalue weighted by molar-refractivity contribution is -0.385. The van der Waals surface area contributed by atoms with Gasteiger partial charge in [0.05, 0.1) is 4.92 Å². The third-order valence-corrected chi connectivity index (χ3v) is 3.29. The molecule has 0 amide bonds. The number of carboxylic acids is 1. The zero-order valence-corrected chi connectivity index (χ0v) is 11.3. The SMILES string of the molecule is CC(CS(C)=O)Nc1ccc([N+](=O)[O-])c(C(=O)O)c1. The molecule has 0 fully saturated rings. The molecule has 0 saturated heterocycles. The molecule has 2 atom stereocenters. The van der Waals surface area contributed by atoms with Gasteiger partial charge < -0.3 is 10.4 Å². The van der Waals surface area contributed by atoms with Crippen LogP contribution in [-0.4, -0.2) is 38.3 Å². The molecule has 0 aliphatic heterocycles. The average Bonchev–Trinajstić information content (AvgIpc) is 2.27. The van der Waals surface area contributed by atoms with Crippen molar-refractivity contribution in [2.75, 3.05) is 17.3 Å². The second kappa shape index (κ2) is 6.28. The Balaban J connectivity index is 2.99. The highest BCUT2D eigenvalue weighted by Gasteiger charge is 2.20. The fraction of sp³-hybridized carbons (Fsp3) is 0.364. The molecule has 0 radical (unpaired) electrons. The van der Waals surface area contributed by atoms with E-state index in [0.717, 1.165) is 6.07 Å². The van der Waals surface area contributed by atoms with E-state index >= 15 is 0 Å². The molecule has 2 unspecified atom stereocenters. The van der Waals surface area contributed by atoms with Gasteiger partial charge in [0, 0.05) is 40.6 Å². The maximum atomic E-state index is 11.1. The minimum atomic E-state index is -1.36. The Morgan fingerprint density at radius 2 is 2.21 bits per heavy atom. The Labute approximate surface area is 112 Å². The maximum absolute atomic E-state index is 11.1. The van der Waals surface area contributed by atoms with Crippen molar-refractivity contribution in [3.8, 4) is 0 Å². The largest absolute Gasteiger partial charge is 0.477 e. The van der Waals surface area contributed by atoms with Gasteiger partial charge in [-0.1, -0.05) is 0 Å². The molecule has 7 nitrogen and oxygen atoms in total. The lowest BCUT2D eigenvalue weighted by Gasteiger charge is -2.14. The van der Waals surface area contributed by atoms with Crippen LogP contribution < -0.4 is 5.32 Å². The Kier molecular flexibility index (Phi) is 4.99. The van der Waals surface area contributed by atoms with Crippen LogP contribution in [-0.2, 0) is 10.8 Å². The highest BCUT2D eigenvalue weighted by Crippen LogP contribution is 2.23. The van der Waals surface area contributed by atoms with E-state index in [4.69, 9.17) is 5.11 Å². The molecule has 0 aliphatic carbocycles. The van der Waals surface area contributed by atoms with Gasteiger partial charge in [0.1, 0.15) is 5.56 Å². The average molecular weight is 286 g/mol. The van der Waals surface area contributed by atoms with Crippen LogP contribution >= 0.6 is 0 Å². The number of nitrogens with zero attached hydrogens (tertiary/aromatic N) is 1. The van der Waals surface area contributed by atoms with Crippen molar-refractivity contribution in [2.24, 2.45) is 0 Å². The summed E-state index contributed by atoms with van der Waals surface area (Å²) in [4.78, 5) is 20.9. The van der Waals surface area contributed by atoms with Gasteiger partial charge in [-0.05, 0) is 19.1 Å². The summed E-state index contributed by atoms with van der Waals surface area (Å²) in [5, 5.41) is 22.6. The third-order valence-electron chi connectivity index (χ3n) is 2.32. The van der Waals surface area contributed by atoms with Crippen LogP contribution in [0.5, 0.6) is 0 Å². The molecular formula is C11H14N2O5S. The third kappa shape index (κ3) is 4.32. The van der Waals surface area contributed by atoms with Gasteiger partial charge in [-0.25, -0.2) is 4.79 Å². The van der Waals surface area contributed by atoms with Gasteiger partial charge in [0.15, 0.2) is 0 Å². The molecule has 0 aromatic heterocycles. The van der Waals surface area contributed by atoms with Crippen LogP contribution in [0.4, 0.5) is 11.4 Å². The van der Waals surface area contributed by atoms with E-state index in [1.165, 1.54) is 12.1 Å². The monoisotopic (exact) mass is 286 g/mol. The first-order chi connectivity index (χ1) is 8.81. The van der Waals surface area contributed by atoms with Gasteiger partial charge in [-0.15, -0.1) is 0 Å². The lowest BCUT2D eigenvalue weighted by Crippen LogP contribution is -2.22. The fourth-order valence-corrected chi connectivity index (χ4v) is 2.42. The Morgan fingerprint density at radius 3 is 2.68 bits per heavy atom. The van der Waals surface area contributed by atoms with Gasteiger partial charge in [-0.2, -0.15) is 0 Å². The molecule has 0 bridgehead atoms. The minimum Gasteiger partial charge on any atom is -0.477 e. The molecule has 0 heterocycles. The van der Waals surface area contributed by atoms with Gasteiger partial charge in [0.25, 0.3) is 5.69 Å². The van der Waals surface area contributed by atoms with Crippen LogP contribution in [0.3, 0.4) is 0 Å². The first-order valence-corrected chi connectivity index (χ1v) is 7.12. The predicted octanol–water partition coefficient (Wildman–Crippen LogP) is 1.47. The van der Waals surface area contributed by atoms with Crippen molar-refractivity contribution in [3.05, 3.63) is 33.9 Å². The molecular weight excluding hydrogens is 272 g/mol. The lowest BCUT2D eigenvalue weighted by atomic mass is 10.1. The topological polar surface area (TPSA) is 110 Å². The summed E-state index contributed by atoms with van der Waals surface area (Å²) in [6, 6.07) is 3.64. The van der Waals surface area contributed by atoms with Crippen molar-refractivity contribution in [2.45, 2.75) is 13.0 Å². The quantitative estimate of drug-likeness (QED) is 0.605. The number of aromatic carboxylic acids is 1. The number of anilines is 1. The molecule has 19 heavy (non-hydrogen) atoms. The number of nitrogens with one attached hydrogen (secondary N) is 1. The van der Waals surface area contributed by atoms with E-state index < -0.39 is 27.4 Å². The van der Waals surface area contributed by atoms with Crippen molar-refractivity contribution in [1.29, 1.82) is 0 Å². The molecule has 0 aliphatic rings. The number of hydrogen-bond donors (Lipinski definition) is 2. The number of carboxylic acid groups (broad SMARTS) is 1. The standard InChI is InChI=1S/C11H14N2O5S/c1-7(6-19(2)18)12-8-3-4-10(13(16)17)9(5-8)11(14)15/h3-5,7,12H,6H2,1-2H3,(H,14,15). The van der Waals surface area contributed by atoms with Crippen molar-refractivity contribution in [3.63, 3.8) is 0 Å². The molecule has 1 aromatic carbocycles. The number of hydrogen-bond acceptors (Lipinski definition) is 5. The number of nitro groups is 1.